The average Bonchev–Trinajstić information content (AvgIpc) is 3.40. The number of amides is 2. The number of benzene rings is 2. The molecule has 49 heavy (non-hydrogen) atoms. The first-order chi connectivity index (χ1) is 23.3. The molecule has 2 amide bonds. The molecule has 1 spiro atoms. The van der Waals surface area contributed by atoms with Gasteiger partial charge in [0.25, 0.3) is 11.8 Å². The first-order valence-electron chi connectivity index (χ1n) is 15.9. The molecule has 2 aliphatic heterocycles. The Morgan fingerprint density at radius 3 is 2.51 bits per heavy atom. The number of alkyl halides is 4. The SMILES string of the molecule is CNC(=O)c1cc(NCC#Cc2cc(C(=O)N[C@@H]3[C@@H](C)CN(C4CC5(COC5)C4)C[C@@H]3F)c3ncn(CC(F)(F)F)c3c2)c(OC)cc1F. The van der Waals surface area contributed by atoms with E-state index in [2.05, 4.69) is 37.7 Å². The lowest BCUT2D eigenvalue weighted by atomic mass is 9.63. The number of carbonyl (C=O) groups is 2. The normalized spacial score (nSPS) is 22.1. The van der Waals surface area contributed by atoms with Crippen LogP contribution in [0.3, 0.4) is 0 Å². The molecular weight excluding hydrogens is 651 g/mol. The summed E-state index contributed by atoms with van der Waals surface area (Å²) >= 11 is 0. The second kappa shape index (κ2) is 13.5. The minimum atomic E-state index is -4.56. The zero-order chi connectivity index (χ0) is 35.1. The third kappa shape index (κ3) is 7.16. The van der Waals surface area contributed by atoms with Crippen LogP contribution in [0.15, 0.2) is 30.6 Å². The largest absolute Gasteiger partial charge is 0.494 e. The van der Waals surface area contributed by atoms with Crippen molar-refractivity contribution < 1.29 is 41.0 Å². The van der Waals surface area contributed by atoms with Gasteiger partial charge in [-0.25, -0.2) is 13.8 Å². The van der Waals surface area contributed by atoms with Crippen molar-refractivity contribution in [3.05, 3.63) is 53.1 Å². The van der Waals surface area contributed by atoms with E-state index in [-0.39, 0.29) is 69.6 Å². The molecule has 6 rings (SSSR count). The highest BCUT2D eigenvalue weighted by molar-refractivity contribution is 6.05. The van der Waals surface area contributed by atoms with Crippen LogP contribution < -0.4 is 20.7 Å². The number of nitrogens with zero attached hydrogens (tertiary/aromatic N) is 3. The number of piperidine rings is 1. The fourth-order valence-corrected chi connectivity index (χ4v) is 7.02. The van der Waals surface area contributed by atoms with Crippen LogP contribution in [0.1, 0.15) is 46.0 Å². The molecule has 15 heteroatoms. The maximum Gasteiger partial charge on any atom is 0.406 e. The molecule has 3 atom stereocenters. The van der Waals surface area contributed by atoms with Crippen LogP contribution in [0.5, 0.6) is 5.75 Å². The number of hydrogen-bond donors (Lipinski definition) is 3. The lowest BCUT2D eigenvalue weighted by molar-refractivity contribution is -0.189. The number of methoxy groups -OCH3 is 1. The third-order valence-corrected chi connectivity index (χ3v) is 9.58. The predicted octanol–water partition coefficient (Wildman–Crippen LogP) is 4.14. The lowest BCUT2D eigenvalue weighted by Crippen LogP contribution is -2.65. The molecule has 1 aromatic heterocycles. The van der Waals surface area contributed by atoms with Crippen molar-refractivity contribution in [3.63, 3.8) is 0 Å². The Kier molecular flexibility index (Phi) is 9.47. The number of aromatic nitrogens is 2. The van der Waals surface area contributed by atoms with Crippen LogP contribution >= 0.6 is 0 Å². The van der Waals surface area contributed by atoms with E-state index in [9.17, 15) is 27.2 Å². The Balaban J connectivity index is 1.21. The molecular formula is C34H37F5N6O4. The van der Waals surface area contributed by atoms with Gasteiger partial charge in [0.2, 0.25) is 0 Å². The summed E-state index contributed by atoms with van der Waals surface area (Å²) in [4.78, 5) is 32.0. The highest BCUT2D eigenvalue weighted by Crippen LogP contribution is 2.49. The Morgan fingerprint density at radius 1 is 1.12 bits per heavy atom. The van der Waals surface area contributed by atoms with E-state index in [1.54, 1.807) is 0 Å². The third-order valence-electron chi connectivity index (χ3n) is 9.58. The highest BCUT2D eigenvalue weighted by atomic mass is 19.4. The van der Waals surface area contributed by atoms with Crippen molar-refractivity contribution in [3.8, 4) is 17.6 Å². The van der Waals surface area contributed by atoms with Crippen LogP contribution in [-0.2, 0) is 11.3 Å². The molecule has 10 nitrogen and oxygen atoms in total. The summed E-state index contributed by atoms with van der Waals surface area (Å²) in [6, 6.07) is 4.62. The number of hydrogen-bond acceptors (Lipinski definition) is 7. The van der Waals surface area contributed by atoms with Crippen molar-refractivity contribution in [2.75, 3.05) is 52.3 Å². The van der Waals surface area contributed by atoms with Crippen LogP contribution in [-0.4, -0.2) is 97.7 Å². The molecule has 3 heterocycles. The fraction of sp³-hybridized carbons (Fsp3) is 0.500. The molecule has 1 saturated carbocycles. The number of halogens is 5. The number of anilines is 1. The van der Waals surface area contributed by atoms with Gasteiger partial charge in [-0.15, -0.1) is 0 Å². The molecule has 0 unspecified atom stereocenters. The van der Waals surface area contributed by atoms with Crippen LogP contribution in [0.2, 0.25) is 0 Å². The standard InChI is InChI=1S/C34H37F5N6O4/c1-19-13-44(21-11-33(12-21)16-49-17-33)14-25(36)29(19)43-32(47)23-7-20(8-27-30(23)42-18-45(27)15-34(37,38)39)5-4-6-41-26-9-22(31(46)40-2)24(35)10-28(26)48-3/h7-10,18-19,21,25,29,41H,6,11-17H2,1-3H3,(H,40,46)(H,43,47)/t19-,25-,29+/m0/s1. The van der Waals surface area contributed by atoms with E-state index in [1.807, 2.05) is 6.92 Å². The van der Waals surface area contributed by atoms with E-state index in [0.717, 1.165) is 43.0 Å². The monoisotopic (exact) mass is 688 g/mol. The van der Waals surface area contributed by atoms with Crippen LogP contribution in [0.25, 0.3) is 11.0 Å². The molecule has 2 aromatic carbocycles. The molecule has 2 saturated heterocycles. The van der Waals surface area contributed by atoms with Gasteiger partial charge in [-0.3, -0.25) is 14.5 Å². The van der Waals surface area contributed by atoms with E-state index in [1.165, 1.54) is 32.4 Å². The summed E-state index contributed by atoms with van der Waals surface area (Å²) in [7, 11) is 2.70. The highest BCUT2D eigenvalue weighted by Gasteiger charge is 2.53. The van der Waals surface area contributed by atoms with E-state index in [4.69, 9.17) is 9.47 Å². The summed E-state index contributed by atoms with van der Waals surface area (Å²) in [6.45, 7) is 2.78. The summed E-state index contributed by atoms with van der Waals surface area (Å²) in [6.07, 6.45) is -2.95. The van der Waals surface area contributed by atoms with Gasteiger partial charge in [0.15, 0.2) is 0 Å². The van der Waals surface area contributed by atoms with Gasteiger partial charge in [-0.05, 0) is 37.0 Å². The number of rotatable bonds is 8. The van der Waals surface area contributed by atoms with Gasteiger partial charge in [-0.1, -0.05) is 18.8 Å². The zero-order valence-electron chi connectivity index (χ0n) is 27.2. The minimum absolute atomic E-state index is 0.0288. The van der Waals surface area contributed by atoms with E-state index < -0.39 is 42.6 Å². The maximum atomic E-state index is 15.6. The zero-order valence-corrected chi connectivity index (χ0v) is 27.2. The number of likely N-dealkylation sites (tertiary alicyclic amines) is 1. The Labute approximate surface area is 279 Å². The van der Waals surface area contributed by atoms with Crippen molar-refractivity contribution in [1.29, 1.82) is 0 Å². The Bertz CT molecular complexity index is 1790. The fourth-order valence-electron chi connectivity index (χ4n) is 7.02. The molecule has 0 bridgehead atoms. The molecule has 3 fully saturated rings. The molecule has 1 aliphatic carbocycles. The molecule has 3 aliphatic rings. The molecule has 3 aromatic rings. The van der Waals surface area contributed by atoms with Crippen molar-refractivity contribution >= 4 is 28.5 Å². The van der Waals surface area contributed by atoms with Crippen molar-refractivity contribution in [2.45, 2.75) is 50.7 Å². The van der Waals surface area contributed by atoms with Gasteiger partial charge in [0.05, 0.1) is 61.6 Å². The summed E-state index contributed by atoms with van der Waals surface area (Å²) < 4.78 is 81.7. The first-order valence-corrected chi connectivity index (χ1v) is 15.9. The number of ether oxygens (including phenoxy) is 2. The first kappa shape index (κ1) is 34.4. The quantitative estimate of drug-likeness (QED) is 0.241. The lowest BCUT2D eigenvalue weighted by Gasteiger charge is -2.58. The van der Waals surface area contributed by atoms with Gasteiger partial charge in [-0.2, -0.15) is 13.2 Å². The van der Waals surface area contributed by atoms with Crippen LogP contribution in [0, 0.1) is 29.0 Å². The topological polar surface area (TPSA) is 110 Å². The van der Waals surface area contributed by atoms with E-state index >= 15 is 4.39 Å². The minimum Gasteiger partial charge on any atom is -0.494 e. The van der Waals surface area contributed by atoms with E-state index in [0.29, 0.717) is 6.54 Å². The summed E-state index contributed by atoms with van der Waals surface area (Å²) in [5.41, 5.74) is 0.568. The Morgan fingerprint density at radius 2 is 1.88 bits per heavy atom. The number of fused-ring (bicyclic) bond motifs is 1. The van der Waals surface area contributed by atoms with Crippen molar-refractivity contribution in [1.82, 2.24) is 25.1 Å². The van der Waals surface area contributed by atoms with Gasteiger partial charge in [0.1, 0.15) is 29.8 Å². The average molecular weight is 689 g/mol. The van der Waals surface area contributed by atoms with Gasteiger partial charge >= 0.3 is 6.18 Å². The molecule has 3 N–H and O–H groups in total. The maximum absolute atomic E-state index is 15.6. The Hall–Kier alpha value is -4.42. The second-order valence-corrected chi connectivity index (χ2v) is 13.1. The van der Waals surface area contributed by atoms with Crippen LogP contribution in [0.4, 0.5) is 27.6 Å². The number of carbonyl (C=O) groups excluding carboxylic acids is 2. The van der Waals surface area contributed by atoms with Crippen molar-refractivity contribution in [2.24, 2.45) is 11.3 Å². The summed E-state index contributed by atoms with van der Waals surface area (Å²) in [5.74, 6) is 3.51. The molecule has 262 valence electrons. The number of nitrogens with one attached hydrogen (secondary N) is 3. The second-order valence-electron chi connectivity index (χ2n) is 13.1. The summed E-state index contributed by atoms with van der Waals surface area (Å²) in [5, 5.41) is 8.10. The predicted molar refractivity (Wildman–Crippen MR) is 171 cm³/mol. The smallest absolute Gasteiger partial charge is 0.406 e. The van der Waals surface area contributed by atoms with Gasteiger partial charge < -0.3 is 30.0 Å². The molecule has 0 radical (unpaired) electrons. The van der Waals surface area contributed by atoms with Gasteiger partial charge in [0, 0.05) is 43.2 Å². The number of imidazole rings is 1.